The second-order valence-electron chi connectivity index (χ2n) is 5.66. The highest BCUT2D eigenvalue weighted by molar-refractivity contribution is 5.76. The third kappa shape index (κ3) is 1.83. The molecule has 3 heteroatoms. The van der Waals surface area contributed by atoms with Crippen LogP contribution in [0.1, 0.15) is 36.9 Å². The van der Waals surface area contributed by atoms with Gasteiger partial charge in [-0.25, -0.2) is 0 Å². The number of aliphatic carboxylic acids is 1. The molecule has 1 saturated carbocycles. The monoisotopic (exact) mass is 245 g/mol. The second kappa shape index (κ2) is 4.39. The molecule has 1 aromatic rings. The average Bonchev–Trinajstić information content (AvgIpc) is 2.33. The van der Waals surface area contributed by atoms with Crippen molar-refractivity contribution in [1.82, 2.24) is 4.90 Å². The zero-order chi connectivity index (χ0) is 12.7. The molecule has 1 N–H and O–H groups in total. The quantitative estimate of drug-likeness (QED) is 0.870. The predicted octanol–water partition coefficient (Wildman–Crippen LogP) is 2.47. The smallest absolute Gasteiger partial charge is 0.325 e. The largest absolute Gasteiger partial charge is 0.480 e. The Bertz CT molecular complexity index is 465. The molecule has 0 bridgehead atoms. The fourth-order valence-electron chi connectivity index (χ4n) is 3.38. The van der Waals surface area contributed by atoms with Crippen LogP contribution in [0.3, 0.4) is 0 Å². The summed E-state index contributed by atoms with van der Waals surface area (Å²) < 4.78 is 0. The van der Waals surface area contributed by atoms with Crippen LogP contribution in [-0.4, -0.2) is 28.6 Å². The van der Waals surface area contributed by atoms with Gasteiger partial charge in [-0.3, -0.25) is 9.69 Å². The van der Waals surface area contributed by atoms with Gasteiger partial charge in [0.2, 0.25) is 0 Å². The molecule has 1 atom stereocenters. The second-order valence-corrected chi connectivity index (χ2v) is 5.66. The van der Waals surface area contributed by atoms with Crippen LogP contribution >= 0.6 is 0 Å². The molecule has 18 heavy (non-hydrogen) atoms. The molecule has 96 valence electrons. The van der Waals surface area contributed by atoms with Crippen LogP contribution in [0.15, 0.2) is 24.3 Å². The number of hydrogen-bond donors (Lipinski definition) is 1. The number of carboxylic acids is 1. The van der Waals surface area contributed by atoms with Crippen molar-refractivity contribution >= 4 is 5.97 Å². The van der Waals surface area contributed by atoms with E-state index in [4.69, 9.17) is 0 Å². The molecule has 0 radical (unpaired) electrons. The molecular weight excluding hydrogens is 226 g/mol. The summed E-state index contributed by atoms with van der Waals surface area (Å²) in [5, 5.41) is 9.55. The van der Waals surface area contributed by atoms with Crippen LogP contribution in [0, 0.1) is 5.92 Å². The van der Waals surface area contributed by atoms with Gasteiger partial charge in [-0.1, -0.05) is 31.2 Å². The Kier molecular flexibility index (Phi) is 2.86. The van der Waals surface area contributed by atoms with E-state index < -0.39 is 12.0 Å². The summed E-state index contributed by atoms with van der Waals surface area (Å²) in [5.74, 6) is 0.0447. The van der Waals surface area contributed by atoms with Gasteiger partial charge in [-0.2, -0.15) is 0 Å². The third-order valence-electron chi connectivity index (χ3n) is 4.37. The lowest BCUT2D eigenvalue weighted by atomic mass is 9.78. The number of carboxylic acid groups (broad SMARTS) is 1. The molecule has 0 aromatic heterocycles. The Morgan fingerprint density at radius 3 is 2.72 bits per heavy atom. The minimum absolute atomic E-state index is 0.438. The van der Waals surface area contributed by atoms with E-state index in [0.717, 1.165) is 37.3 Å². The van der Waals surface area contributed by atoms with Crippen LogP contribution in [0.2, 0.25) is 0 Å². The number of nitrogens with zero attached hydrogens (tertiary/aromatic N) is 1. The number of hydrogen-bond acceptors (Lipinski definition) is 2. The average molecular weight is 245 g/mol. The summed E-state index contributed by atoms with van der Waals surface area (Å²) in [6.45, 7) is 3.12. The molecule has 3 rings (SSSR count). The lowest BCUT2D eigenvalue weighted by Crippen LogP contribution is -2.50. The van der Waals surface area contributed by atoms with Crippen molar-refractivity contribution in [3.05, 3.63) is 35.4 Å². The van der Waals surface area contributed by atoms with Gasteiger partial charge in [-0.05, 0) is 36.3 Å². The number of carbonyl (C=O) groups is 1. The highest BCUT2D eigenvalue weighted by atomic mass is 16.4. The zero-order valence-electron chi connectivity index (χ0n) is 10.7. The minimum atomic E-state index is -0.707. The highest BCUT2D eigenvalue weighted by Crippen LogP contribution is 2.39. The molecule has 1 heterocycles. The number of fused-ring (bicyclic) bond motifs is 1. The van der Waals surface area contributed by atoms with E-state index in [0.29, 0.717) is 6.04 Å². The van der Waals surface area contributed by atoms with Crippen molar-refractivity contribution in [2.45, 2.75) is 38.3 Å². The van der Waals surface area contributed by atoms with Gasteiger partial charge in [0.25, 0.3) is 0 Å². The van der Waals surface area contributed by atoms with Crippen LogP contribution in [0.25, 0.3) is 0 Å². The van der Waals surface area contributed by atoms with E-state index in [1.807, 2.05) is 18.2 Å². The van der Waals surface area contributed by atoms with Gasteiger partial charge in [0.1, 0.15) is 6.04 Å². The molecule has 1 aliphatic heterocycles. The fraction of sp³-hybridized carbons (Fsp3) is 0.533. The van der Waals surface area contributed by atoms with Gasteiger partial charge in [-0.15, -0.1) is 0 Å². The molecule has 1 fully saturated rings. The molecule has 0 amide bonds. The van der Waals surface area contributed by atoms with Crippen LogP contribution in [-0.2, 0) is 11.2 Å². The zero-order valence-corrected chi connectivity index (χ0v) is 10.7. The highest BCUT2D eigenvalue weighted by Gasteiger charge is 2.40. The first kappa shape index (κ1) is 11.7. The van der Waals surface area contributed by atoms with Crippen LogP contribution < -0.4 is 0 Å². The third-order valence-corrected chi connectivity index (χ3v) is 4.37. The maximum atomic E-state index is 11.6. The molecule has 1 aliphatic carbocycles. The minimum Gasteiger partial charge on any atom is -0.480 e. The van der Waals surface area contributed by atoms with Crippen molar-refractivity contribution in [3.63, 3.8) is 0 Å². The summed E-state index contributed by atoms with van der Waals surface area (Å²) in [4.78, 5) is 13.8. The van der Waals surface area contributed by atoms with Gasteiger partial charge in [0.05, 0.1) is 0 Å². The van der Waals surface area contributed by atoms with Crippen molar-refractivity contribution in [2.75, 3.05) is 6.54 Å². The molecule has 0 saturated heterocycles. The molecule has 2 aliphatic rings. The van der Waals surface area contributed by atoms with E-state index in [-0.39, 0.29) is 0 Å². The normalized spacial score (nSPS) is 31.5. The summed E-state index contributed by atoms with van der Waals surface area (Å²) in [6.07, 6.45) is 3.27. The van der Waals surface area contributed by atoms with Gasteiger partial charge in [0.15, 0.2) is 0 Å². The lowest BCUT2D eigenvalue weighted by molar-refractivity contribution is -0.146. The first-order chi connectivity index (χ1) is 8.66. The number of rotatable bonds is 2. The van der Waals surface area contributed by atoms with Crippen LogP contribution in [0.4, 0.5) is 0 Å². The summed E-state index contributed by atoms with van der Waals surface area (Å²) in [6, 6.07) is 8.01. The van der Waals surface area contributed by atoms with E-state index in [1.165, 1.54) is 5.56 Å². The molecule has 0 spiro atoms. The Morgan fingerprint density at radius 1 is 1.33 bits per heavy atom. The first-order valence-electron chi connectivity index (χ1n) is 6.73. The van der Waals surface area contributed by atoms with Gasteiger partial charge >= 0.3 is 5.97 Å². The standard InChI is InChI=1S/C15H19NO2/c1-10-8-12(9-10)16-7-6-11-4-2-3-5-13(11)14(16)15(17)18/h2-5,10,12,14H,6-9H2,1H3,(H,17,18). The Morgan fingerprint density at radius 2 is 2.06 bits per heavy atom. The van der Waals surface area contributed by atoms with Crippen LogP contribution in [0.5, 0.6) is 0 Å². The SMILES string of the molecule is CC1CC(N2CCc3ccccc3C2C(=O)O)C1. The maximum Gasteiger partial charge on any atom is 0.325 e. The van der Waals surface area contributed by atoms with E-state index >= 15 is 0 Å². The predicted molar refractivity (Wildman–Crippen MR) is 69.4 cm³/mol. The van der Waals surface area contributed by atoms with E-state index in [9.17, 15) is 9.90 Å². The summed E-state index contributed by atoms with van der Waals surface area (Å²) in [7, 11) is 0. The van der Waals surface area contributed by atoms with E-state index in [1.54, 1.807) is 0 Å². The Labute approximate surface area is 107 Å². The molecule has 1 unspecified atom stereocenters. The van der Waals surface area contributed by atoms with Gasteiger partial charge < -0.3 is 5.11 Å². The fourth-order valence-corrected chi connectivity index (χ4v) is 3.38. The Balaban J connectivity index is 1.91. The summed E-state index contributed by atoms with van der Waals surface area (Å²) >= 11 is 0. The van der Waals surface area contributed by atoms with E-state index in [2.05, 4.69) is 17.9 Å². The molecular formula is C15H19NO2. The maximum absolute atomic E-state index is 11.6. The number of benzene rings is 1. The molecule has 3 nitrogen and oxygen atoms in total. The topological polar surface area (TPSA) is 40.5 Å². The van der Waals surface area contributed by atoms with Crippen molar-refractivity contribution in [2.24, 2.45) is 5.92 Å². The lowest BCUT2D eigenvalue weighted by Gasteiger charge is -2.46. The first-order valence-corrected chi connectivity index (χ1v) is 6.73. The van der Waals surface area contributed by atoms with Gasteiger partial charge in [0, 0.05) is 12.6 Å². The Hall–Kier alpha value is -1.35. The van der Waals surface area contributed by atoms with Crippen molar-refractivity contribution < 1.29 is 9.90 Å². The van der Waals surface area contributed by atoms with Crippen molar-refractivity contribution in [1.29, 1.82) is 0 Å². The molecule has 1 aromatic carbocycles. The van der Waals surface area contributed by atoms with Crippen molar-refractivity contribution in [3.8, 4) is 0 Å². The summed E-state index contributed by atoms with van der Waals surface area (Å²) in [5.41, 5.74) is 2.20.